The van der Waals surface area contributed by atoms with E-state index in [1.165, 1.54) is 0 Å². The van der Waals surface area contributed by atoms with Crippen molar-refractivity contribution in [3.8, 4) is 10.6 Å². The van der Waals surface area contributed by atoms with Crippen molar-refractivity contribution in [2.45, 2.75) is 38.8 Å². The van der Waals surface area contributed by atoms with Crippen LogP contribution in [0.1, 0.15) is 37.2 Å². The van der Waals surface area contributed by atoms with Crippen LogP contribution < -0.4 is 11.0 Å². The Bertz CT molecular complexity index is 927. The molecule has 1 atom stereocenters. The lowest BCUT2D eigenvalue weighted by molar-refractivity contribution is 0.431. The summed E-state index contributed by atoms with van der Waals surface area (Å²) in [6, 6.07) is 10.1. The van der Waals surface area contributed by atoms with Gasteiger partial charge in [0.05, 0.1) is 12.2 Å². The molecule has 1 saturated heterocycles. The van der Waals surface area contributed by atoms with Crippen molar-refractivity contribution in [2.24, 2.45) is 0 Å². The first kappa shape index (κ1) is 19.8. The van der Waals surface area contributed by atoms with Gasteiger partial charge in [0, 0.05) is 30.0 Å². The average Bonchev–Trinajstić information content (AvgIpc) is 3.28. The van der Waals surface area contributed by atoms with E-state index in [1.54, 1.807) is 16.0 Å². The van der Waals surface area contributed by atoms with E-state index in [4.69, 9.17) is 4.98 Å². The van der Waals surface area contributed by atoms with E-state index in [1.807, 2.05) is 35.1 Å². The lowest BCUT2D eigenvalue weighted by Gasteiger charge is -2.21. The van der Waals surface area contributed by atoms with Crippen molar-refractivity contribution in [3.05, 3.63) is 57.7 Å². The van der Waals surface area contributed by atoms with E-state index in [0.717, 1.165) is 48.0 Å². The minimum atomic E-state index is -0.0395. The van der Waals surface area contributed by atoms with Crippen molar-refractivity contribution >= 4 is 23.7 Å². The van der Waals surface area contributed by atoms with Gasteiger partial charge in [-0.25, -0.2) is 14.5 Å². The third-order valence-corrected chi connectivity index (χ3v) is 5.75. The fourth-order valence-electron chi connectivity index (χ4n) is 3.48. The molecule has 1 unspecified atom stereocenters. The summed E-state index contributed by atoms with van der Waals surface area (Å²) in [5.41, 5.74) is 1.94. The highest BCUT2D eigenvalue weighted by Gasteiger charge is 2.23. The van der Waals surface area contributed by atoms with Crippen LogP contribution in [0.4, 0.5) is 0 Å². The molecule has 1 aliphatic rings. The summed E-state index contributed by atoms with van der Waals surface area (Å²) in [7, 11) is 0. The van der Waals surface area contributed by atoms with Gasteiger partial charge in [0.2, 0.25) is 0 Å². The maximum atomic E-state index is 12.8. The number of rotatable bonds is 5. The Balaban J connectivity index is 0.00000210. The molecule has 1 aliphatic heterocycles. The molecular formula is C19H24ClN5OS. The average molecular weight is 406 g/mol. The van der Waals surface area contributed by atoms with Gasteiger partial charge in [0.15, 0.2) is 0 Å². The number of nitrogens with one attached hydrogen (secondary N) is 1. The van der Waals surface area contributed by atoms with E-state index in [9.17, 15) is 4.79 Å². The molecule has 27 heavy (non-hydrogen) atoms. The summed E-state index contributed by atoms with van der Waals surface area (Å²) in [4.78, 5) is 17.5. The summed E-state index contributed by atoms with van der Waals surface area (Å²) in [6.07, 6.45) is 2.21. The molecule has 0 saturated carbocycles. The van der Waals surface area contributed by atoms with Crippen molar-refractivity contribution in [3.63, 3.8) is 0 Å². The molecule has 1 aromatic carbocycles. The largest absolute Gasteiger partial charge is 0.346 e. The van der Waals surface area contributed by atoms with Crippen LogP contribution in [0.2, 0.25) is 0 Å². The van der Waals surface area contributed by atoms with Crippen LogP contribution in [0.3, 0.4) is 0 Å². The van der Waals surface area contributed by atoms with Gasteiger partial charge in [-0.1, -0.05) is 30.3 Å². The molecule has 0 aliphatic carbocycles. The van der Waals surface area contributed by atoms with Crippen LogP contribution in [-0.2, 0) is 13.1 Å². The second-order valence-electron chi connectivity index (χ2n) is 6.60. The summed E-state index contributed by atoms with van der Waals surface area (Å²) >= 11 is 1.60. The molecule has 0 radical (unpaired) electrons. The van der Waals surface area contributed by atoms with E-state index in [0.29, 0.717) is 19.0 Å². The zero-order valence-electron chi connectivity index (χ0n) is 15.3. The van der Waals surface area contributed by atoms with Gasteiger partial charge in [0.25, 0.3) is 0 Å². The second kappa shape index (κ2) is 8.82. The van der Waals surface area contributed by atoms with Crippen LogP contribution in [0, 0.1) is 0 Å². The van der Waals surface area contributed by atoms with E-state index < -0.39 is 0 Å². The van der Waals surface area contributed by atoms with E-state index >= 15 is 0 Å². The summed E-state index contributed by atoms with van der Waals surface area (Å²) in [5, 5.41) is 11.1. The standard InChI is InChI=1S/C19H23N5OS.ClH/c1-2-23-17(15-9-6-10-20-11-15)22-24(19(23)25)12-16-13-26-18(21-16)14-7-4-3-5-8-14;/h3-5,7-8,13,15,20H,2,6,9-12H2,1H3;1H. The van der Waals surface area contributed by atoms with Crippen LogP contribution >= 0.6 is 23.7 Å². The van der Waals surface area contributed by atoms with Crippen molar-refractivity contribution in [2.75, 3.05) is 13.1 Å². The fourth-order valence-corrected chi connectivity index (χ4v) is 4.30. The monoisotopic (exact) mass is 405 g/mol. The highest BCUT2D eigenvalue weighted by atomic mass is 35.5. The molecule has 6 nitrogen and oxygen atoms in total. The van der Waals surface area contributed by atoms with Gasteiger partial charge in [-0.2, -0.15) is 5.10 Å². The number of hydrogen-bond acceptors (Lipinski definition) is 5. The van der Waals surface area contributed by atoms with Gasteiger partial charge in [-0.15, -0.1) is 23.7 Å². The normalized spacial score (nSPS) is 16.9. The number of piperidine rings is 1. The Morgan fingerprint density at radius 2 is 2.11 bits per heavy atom. The van der Waals surface area contributed by atoms with Gasteiger partial charge in [-0.05, 0) is 26.3 Å². The number of aromatic nitrogens is 4. The zero-order valence-corrected chi connectivity index (χ0v) is 16.9. The number of halogens is 1. The molecule has 0 spiro atoms. The fraction of sp³-hybridized carbons (Fsp3) is 0.421. The Hall–Kier alpha value is -1.96. The molecule has 0 amide bonds. The number of hydrogen-bond donors (Lipinski definition) is 1. The smallest absolute Gasteiger partial charge is 0.316 e. The third kappa shape index (κ3) is 4.15. The molecule has 0 bridgehead atoms. The lowest BCUT2D eigenvalue weighted by atomic mass is 9.99. The molecule has 1 fully saturated rings. The first-order chi connectivity index (χ1) is 12.8. The second-order valence-corrected chi connectivity index (χ2v) is 7.45. The maximum absolute atomic E-state index is 12.8. The maximum Gasteiger partial charge on any atom is 0.346 e. The summed E-state index contributed by atoms with van der Waals surface area (Å²) in [6.45, 7) is 5.02. The predicted octanol–water partition coefficient (Wildman–Crippen LogP) is 3.13. The molecule has 1 N–H and O–H groups in total. The van der Waals surface area contributed by atoms with Crippen LogP contribution in [-0.4, -0.2) is 32.4 Å². The van der Waals surface area contributed by atoms with Gasteiger partial charge >= 0.3 is 5.69 Å². The molecule has 3 aromatic rings. The zero-order chi connectivity index (χ0) is 17.9. The molecule has 2 aromatic heterocycles. The predicted molar refractivity (Wildman–Crippen MR) is 111 cm³/mol. The first-order valence-electron chi connectivity index (χ1n) is 9.14. The van der Waals surface area contributed by atoms with Crippen LogP contribution in [0.25, 0.3) is 10.6 Å². The Kier molecular flexibility index (Phi) is 6.46. The van der Waals surface area contributed by atoms with Crippen LogP contribution in [0.15, 0.2) is 40.5 Å². The first-order valence-corrected chi connectivity index (χ1v) is 10.0. The van der Waals surface area contributed by atoms with Crippen LogP contribution in [0.5, 0.6) is 0 Å². The summed E-state index contributed by atoms with van der Waals surface area (Å²) in [5.74, 6) is 1.22. The molecule has 144 valence electrons. The Labute approximate surface area is 168 Å². The molecule has 8 heteroatoms. The topological polar surface area (TPSA) is 64.7 Å². The quantitative estimate of drug-likeness (QED) is 0.708. The summed E-state index contributed by atoms with van der Waals surface area (Å²) < 4.78 is 3.37. The minimum Gasteiger partial charge on any atom is -0.316 e. The Morgan fingerprint density at radius 3 is 2.81 bits per heavy atom. The SMILES string of the molecule is CCn1c(C2CCCNC2)nn(Cc2csc(-c3ccccc3)n2)c1=O.Cl. The van der Waals surface area contributed by atoms with Gasteiger partial charge in [0.1, 0.15) is 10.8 Å². The van der Waals surface area contributed by atoms with Crippen molar-refractivity contribution in [1.82, 2.24) is 24.6 Å². The van der Waals surface area contributed by atoms with Crippen molar-refractivity contribution in [1.29, 1.82) is 0 Å². The molecule has 3 heterocycles. The highest BCUT2D eigenvalue weighted by Crippen LogP contribution is 2.24. The number of nitrogens with zero attached hydrogens (tertiary/aromatic N) is 4. The lowest BCUT2D eigenvalue weighted by Crippen LogP contribution is -2.31. The van der Waals surface area contributed by atoms with Crippen molar-refractivity contribution < 1.29 is 0 Å². The highest BCUT2D eigenvalue weighted by molar-refractivity contribution is 7.13. The molecular weight excluding hydrogens is 382 g/mol. The minimum absolute atomic E-state index is 0. The van der Waals surface area contributed by atoms with Gasteiger partial charge in [-0.3, -0.25) is 4.57 Å². The van der Waals surface area contributed by atoms with E-state index in [-0.39, 0.29) is 18.1 Å². The third-order valence-electron chi connectivity index (χ3n) is 4.81. The molecule has 4 rings (SSSR count). The van der Waals surface area contributed by atoms with Gasteiger partial charge < -0.3 is 5.32 Å². The number of benzene rings is 1. The number of thiazole rings is 1. The Morgan fingerprint density at radius 1 is 1.30 bits per heavy atom. The van der Waals surface area contributed by atoms with E-state index in [2.05, 4.69) is 22.5 Å².